The van der Waals surface area contributed by atoms with Crippen molar-refractivity contribution in [3.8, 4) is 0 Å². The standard InChI is InChI=1S/C13H20N2O3/c1-4-6-8-13(9(3)7-5-2)10(16)14-12(18)15-11(13)17/h4,6,9H,5,7-8H2,1-3H3,(H2,14,15,16,17,18). The number of carbonyl (C=O) groups is 3. The maximum Gasteiger partial charge on any atom is 0.328 e. The van der Waals surface area contributed by atoms with Crippen molar-refractivity contribution in [1.29, 1.82) is 0 Å². The Balaban J connectivity index is 3.12. The van der Waals surface area contributed by atoms with Gasteiger partial charge >= 0.3 is 6.03 Å². The predicted molar refractivity (Wildman–Crippen MR) is 67.6 cm³/mol. The van der Waals surface area contributed by atoms with Gasteiger partial charge in [-0.3, -0.25) is 20.2 Å². The molecule has 2 N–H and O–H groups in total. The third-order valence-electron chi connectivity index (χ3n) is 3.50. The third kappa shape index (κ3) is 2.44. The number of hydrogen-bond acceptors (Lipinski definition) is 3. The van der Waals surface area contributed by atoms with E-state index >= 15 is 0 Å². The van der Waals surface area contributed by atoms with Crippen LogP contribution in [0.4, 0.5) is 4.79 Å². The second-order valence-corrected chi connectivity index (χ2v) is 4.67. The summed E-state index contributed by atoms with van der Waals surface area (Å²) in [5.41, 5.74) is -1.17. The molecule has 1 aliphatic rings. The Labute approximate surface area is 107 Å². The maximum absolute atomic E-state index is 12.1. The van der Waals surface area contributed by atoms with Crippen molar-refractivity contribution >= 4 is 17.8 Å². The van der Waals surface area contributed by atoms with E-state index in [-0.39, 0.29) is 5.92 Å². The minimum atomic E-state index is -1.17. The molecule has 1 fully saturated rings. The van der Waals surface area contributed by atoms with Gasteiger partial charge in [-0.05, 0) is 25.7 Å². The molecule has 18 heavy (non-hydrogen) atoms. The minimum Gasteiger partial charge on any atom is -0.277 e. The highest BCUT2D eigenvalue weighted by atomic mass is 16.2. The summed E-state index contributed by atoms with van der Waals surface area (Å²) in [6, 6.07) is -0.732. The van der Waals surface area contributed by atoms with Crippen LogP contribution in [0.3, 0.4) is 0 Å². The lowest BCUT2D eigenvalue weighted by atomic mass is 9.69. The first-order chi connectivity index (χ1) is 8.48. The lowest BCUT2D eigenvalue weighted by Gasteiger charge is -2.37. The molecule has 1 rings (SSSR count). The van der Waals surface area contributed by atoms with Crippen LogP contribution in [0.25, 0.3) is 0 Å². The molecule has 0 spiro atoms. The van der Waals surface area contributed by atoms with Gasteiger partial charge < -0.3 is 0 Å². The summed E-state index contributed by atoms with van der Waals surface area (Å²) in [7, 11) is 0. The summed E-state index contributed by atoms with van der Waals surface area (Å²) < 4.78 is 0. The fourth-order valence-electron chi connectivity index (χ4n) is 2.38. The second-order valence-electron chi connectivity index (χ2n) is 4.67. The average molecular weight is 252 g/mol. The van der Waals surface area contributed by atoms with Crippen molar-refractivity contribution in [3.63, 3.8) is 0 Å². The summed E-state index contributed by atoms with van der Waals surface area (Å²) in [6.45, 7) is 5.72. The Morgan fingerprint density at radius 2 is 1.78 bits per heavy atom. The minimum absolute atomic E-state index is 0.119. The van der Waals surface area contributed by atoms with E-state index in [9.17, 15) is 14.4 Å². The molecule has 1 atom stereocenters. The highest BCUT2D eigenvalue weighted by molar-refractivity contribution is 6.19. The van der Waals surface area contributed by atoms with Crippen molar-refractivity contribution in [3.05, 3.63) is 12.2 Å². The third-order valence-corrected chi connectivity index (χ3v) is 3.50. The zero-order valence-electron chi connectivity index (χ0n) is 11.1. The Hall–Kier alpha value is -1.65. The van der Waals surface area contributed by atoms with E-state index in [1.54, 1.807) is 12.2 Å². The van der Waals surface area contributed by atoms with Crippen LogP contribution in [0, 0.1) is 11.3 Å². The summed E-state index contributed by atoms with van der Waals surface area (Å²) >= 11 is 0. The van der Waals surface area contributed by atoms with Gasteiger partial charge in [0.2, 0.25) is 11.8 Å². The van der Waals surface area contributed by atoms with Gasteiger partial charge in [0.25, 0.3) is 0 Å². The van der Waals surface area contributed by atoms with Crippen LogP contribution in [0.5, 0.6) is 0 Å². The van der Waals surface area contributed by atoms with Gasteiger partial charge in [-0.15, -0.1) is 0 Å². The number of amides is 4. The van der Waals surface area contributed by atoms with E-state index < -0.39 is 23.3 Å². The predicted octanol–water partition coefficient (Wildman–Crippen LogP) is 1.74. The van der Waals surface area contributed by atoms with Crippen LogP contribution in [0.15, 0.2) is 12.2 Å². The molecule has 1 aliphatic heterocycles. The van der Waals surface area contributed by atoms with Crippen molar-refractivity contribution in [2.24, 2.45) is 11.3 Å². The van der Waals surface area contributed by atoms with Crippen LogP contribution in [0.1, 0.15) is 40.0 Å². The molecule has 0 aliphatic carbocycles. The van der Waals surface area contributed by atoms with Gasteiger partial charge in [0, 0.05) is 0 Å². The molecule has 1 saturated heterocycles. The van der Waals surface area contributed by atoms with Crippen molar-refractivity contribution < 1.29 is 14.4 Å². The Bertz CT molecular complexity index is 368. The molecule has 0 radical (unpaired) electrons. The van der Waals surface area contributed by atoms with Gasteiger partial charge in [0.1, 0.15) is 5.41 Å². The smallest absolute Gasteiger partial charge is 0.277 e. The number of hydrogen-bond donors (Lipinski definition) is 2. The molecule has 5 nitrogen and oxygen atoms in total. The van der Waals surface area contributed by atoms with Crippen LogP contribution in [-0.4, -0.2) is 17.8 Å². The van der Waals surface area contributed by atoms with Crippen molar-refractivity contribution in [2.45, 2.75) is 40.0 Å². The normalized spacial score (nSPS) is 20.7. The average Bonchev–Trinajstić information content (AvgIpc) is 2.28. The van der Waals surface area contributed by atoms with Crippen LogP contribution in [0.2, 0.25) is 0 Å². The number of imide groups is 2. The fraction of sp³-hybridized carbons (Fsp3) is 0.615. The Kier molecular flexibility index (Phi) is 4.64. The van der Waals surface area contributed by atoms with Crippen LogP contribution in [-0.2, 0) is 9.59 Å². The molecule has 0 aromatic heterocycles. The van der Waals surface area contributed by atoms with Crippen LogP contribution >= 0.6 is 0 Å². The summed E-state index contributed by atoms with van der Waals surface area (Å²) in [6.07, 6.45) is 5.55. The van der Waals surface area contributed by atoms with Gasteiger partial charge in [-0.25, -0.2) is 4.79 Å². The molecule has 0 bridgehead atoms. The zero-order valence-corrected chi connectivity index (χ0v) is 11.1. The molecule has 1 heterocycles. The molecule has 4 amide bonds. The fourth-order valence-corrected chi connectivity index (χ4v) is 2.38. The zero-order chi connectivity index (χ0) is 13.8. The van der Waals surface area contributed by atoms with Gasteiger partial charge in [-0.2, -0.15) is 0 Å². The summed E-state index contributed by atoms with van der Waals surface area (Å²) in [4.78, 5) is 35.4. The topological polar surface area (TPSA) is 75.3 Å². The maximum atomic E-state index is 12.1. The number of barbiturate groups is 1. The van der Waals surface area contributed by atoms with Crippen LogP contribution < -0.4 is 10.6 Å². The quantitative estimate of drug-likeness (QED) is 0.578. The Morgan fingerprint density at radius 1 is 1.22 bits per heavy atom. The first kappa shape index (κ1) is 14.4. The largest absolute Gasteiger partial charge is 0.328 e. The van der Waals surface area contributed by atoms with E-state index in [2.05, 4.69) is 10.6 Å². The van der Waals surface area contributed by atoms with Gasteiger partial charge in [0.05, 0.1) is 0 Å². The lowest BCUT2D eigenvalue weighted by molar-refractivity contribution is -0.148. The molecule has 0 aromatic rings. The second kappa shape index (κ2) is 5.80. The van der Waals surface area contributed by atoms with Gasteiger partial charge in [0.15, 0.2) is 0 Å². The summed E-state index contributed by atoms with van der Waals surface area (Å²) in [5.74, 6) is -1.10. The SMILES string of the molecule is CC=CCC1(C(C)CCC)C(=O)NC(=O)NC1=O. The molecule has 100 valence electrons. The van der Waals surface area contributed by atoms with Crippen molar-refractivity contribution in [2.75, 3.05) is 0 Å². The highest BCUT2D eigenvalue weighted by Crippen LogP contribution is 2.37. The number of carbonyl (C=O) groups excluding carboxylic acids is 3. The molecule has 5 heteroatoms. The van der Waals surface area contributed by atoms with Crippen molar-refractivity contribution in [1.82, 2.24) is 10.6 Å². The van der Waals surface area contributed by atoms with E-state index in [4.69, 9.17) is 0 Å². The molecular weight excluding hydrogens is 232 g/mol. The number of rotatable bonds is 5. The number of allylic oxidation sites excluding steroid dienone is 2. The highest BCUT2D eigenvalue weighted by Gasteiger charge is 2.52. The van der Waals surface area contributed by atoms with E-state index in [0.29, 0.717) is 6.42 Å². The molecular formula is C13H20N2O3. The van der Waals surface area contributed by atoms with E-state index in [1.165, 1.54) is 0 Å². The van der Waals surface area contributed by atoms with E-state index in [1.807, 2.05) is 20.8 Å². The monoisotopic (exact) mass is 252 g/mol. The number of nitrogens with one attached hydrogen (secondary N) is 2. The first-order valence-corrected chi connectivity index (χ1v) is 6.27. The lowest BCUT2D eigenvalue weighted by Crippen LogP contribution is -2.64. The molecule has 1 unspecified atom stereocenters. The Morgan fingerprint density at radius 3 is 2.22 bits per heavy atom. The summed E-state index contributed by atoms with van der Waals surface area (Å²) in [5, 5.41) is 4.41. The molecule has 0 aromatic carbocycles. The van der Waals surface area contributed by atoms with E-state index in [0.717, 1.165) is 12.8 Å². The molecule has 0 saturated carbocycles. The first-order valence-electron chi connectivity index (χ1n) is 6.27. The number of urea groups is 1. The van der Waals surface area contributed by atoms with Gasteiger partial charge in [-0.1, -0.05) is 32.4 Å².